The van der Waals surface area contributed by atoms with Crippen LogP contribution in [0.4, 0.5) is 0 Å². The van der Waals surface area contributed by atoms with E-state index in [0.717, 1.165) is 32.7 Å². The molecule has 98 valence electrons. The van der Waals surface area contributed by atoms with Crippen molar-refractivity contribution in [3.05, 3.63) is 23.0 Å². The van der Waals surface area contributed by atoms with Gasteiger partial charge in [-0.1, -0.05) is 13.3 Å². The first kappa shape index (κ1) is 14.3. The summed E-state index contributed by atoms with van der Waals surface area (Å²) in [6.07, 6.45) is 2.37. The van der Waals surface area contributed by atoms with Crippen molar-refractivity contribution in [2.45, 2.75) is 40.2 Å². The third-order valence-electron chi connectivity index (χ3n) is 3.26. The number of hydrogen-bond donors (Lipinski definition) is 1. The van der Waals surface area contributed by atoms with E-state index in [0.29, 0.717) is 0 Å². The lowest BCUT2D eigenvalue weighted by molar-refractivity contribution is 0.133. The number of aromatic nitrogens is 1. The molecule has 0 fully saturated rings. The molecule has 0 atom stereocenters. The van der Waals surface area contributed by atoms with Gasteiger partial charge in [0.05, 0.1) is 6.61 Å². The Balaban J connectivity index is 2.16. The van der Waals surface area contributed by atoms with Crippen LogP contribution in [0.25, 0.3) is 0 Å². The monoisotopic (exact) mass is 238 g/mol. The van der Waals surface area contributed by atoms with Gasteiger partial charge in [0, 0.05) is 38.1 Å². The van der Waals surface area contributed by atoms with Crippen LogP contribution in [0.1, 0.15) is 36.7 Å². The van der Waals surface area contributed by atoms with Crippen molar-refractivity contribution in [2.75, 3.05) is 19.8 Å². The third-order valence-corrected chi connectivity index (χ3v) is 3.26. The quantitative estimate of drug-likeness (QED) is 0.704. The van der Waals surface area contributed by atoms with Gasteiger partial charge in [0.1, 0.15) is 0 Å². The molecule has 0 unspecified atom stereocenters. The first-order valence-corrected chi connectivity index (χ1v) is 6.57. The molecule has 3 nitrogen and oxygen atoms in total. The third kappa shape index (κ3) is 4.52. The van der Waals surface area contributed by atoms with Gasteiger partial charge in [0.2, 0.25) is 0 Å². The van der Waals surface area contributed by atoms with Gasteiger partial charge in [0.15, 0.2) is 0 Å². The molecular weight excluding hydrogens is 212 g/mol. The van der Waals surface area contributed by atoms with Crippen LogP contribution in [0.15, 0.2) is 6.07 Å². The first-order chi connectivity index (χ1) is 8.16. The maximum atomic E-state index is 5.50. The molecule has 1 aromatic heterocycles. The van der Waals surface area contributed by atoms with Crippen LogP contribution in [0.5, 0.6) is 0 Å². The van der Waals surface area contributed by atoms with Crippen molar-refractivity contribution >= 4 is 0 Å². The van der Waals surface area contributed by atoms with Gasteiger partial charge >= 0.3 is 0 Å². The zero-order chi connectivity index (χ0) is 12.7. The predicted molar refractivity (Wildman–Crippen MR) is 72.3 cm³/mol. The fourth-order valence-corrected chi connectivity index (χ4v) is 1.83. The Hall–Kier alpha value is -0.800. The topological polar surface area (TPSA) is 26.2 Å². The van der Waals surface area contributed by atoms with Gasteiger partial charge in [0.25, 0.3) is 0 Å². The molecular formula is C14H26N2O. The largest absolute Gasteiger partial charge is 0.380 e. The maximum absolute atomic E-state index is 5.50. The van der Waals surface area contributed by atoms with Crippen molar-refractivity contribution in [1.82, 2.24) is 9.88 Å². The lowest BCUT2D eigenvalue weighted by atomic mass is 10.2. The fourth-order valence-electron chi connectivity index (χ4n) is 1.83. The van der Waals surface area contributed by atoms with Gasteiger partial charge in [-0.3, -0.25) is 0 Å². The molecule has 0 spiro atoms. The average molecular weight is 238 g/mol. The molecule has 1 N–H and O–H groups in total. The molecule has 0 saturated heterocycles. The van der Waals surface area contributed by atoms with Crippen LogP contribution in [0.2, 0.25) is 0 Å². The molecule has 1 heterocycles. The SMILES string of the molecule is CCCCOCCNCc1cc(C)n(C)c1C. The highest BCUT2D eigenvalue weighted by atomic mass is 16.5. The smallest absolute Gasteiger partial charge is 0.0591 e. The van der Waals surface area contributed by atoms with E-state index >= 15 is 0 Å². The number of ether oxygens (including phenoxy) is 1. The number of unbranched alkanes of at least 4 members (excludes halogenated alkanes) is 1. The van der Waals surface area contributed by atoms with Crippen LogP contribution in [-0.4, -0.2) is 24.3 Å². The number of nitrogens with zero attached hydrogens (tertiary/aromatic N) is 1. The van der Waals surface area contributed by atoms with Crippen molar-refractivity contribution in [2.24, 2.45) is 7.05 Å². The minimum atomic E-state index is 0.810. The minimum Gasteiger partial charge on any atom is -0.380 e. The van der Waals surface area contributed by atoms with Crippen molar-refractivity contribution in [3.63, 3.8) is 0 Å². The summed E-state index contributed by atoms with van der Waals surface area (Å²) in [6.45, 7) is 10.1. The molecule has 0 bridgehead atoms. The van der Waals surface area contributed by atoms with Gasteiger partial charge in [-0.05, 0) is 31.9 Å². The molecule has 1 rings (SSSR count). The number of nitrogens with one attached hydrogen (secondary N) is 1. The molecule has 1 aromatic rings. The highest BCUT2D eigenvalue weighted by molar-refractivity contribution is 5.26. The number of rotatable bonds is 8. The van der Waals surface area contributed by atoms with E-state index in [1.807, 2.05) is 0 Å². The van der Waals surface area contributed by atoms with E-state index in [1.54, 1.807) is 0 Å². The molecule has 0 aliphatic heterocycles. The summed E-state index contributed by atoms with van der Waals surface area (Å²) in [5, 5.41) is 3.42. The molecule has 0 aliphatic rings. The standard InChI is InChI=1S/C14H26N2O/c1-5-6-8-17-9-7-15-11-14-10-12(2)16(4)13(14)3/h10,15H,5-9,11H2,1-4H3. The van der Waals surface area contributed by atoms with E-state index in [1.165, 1.54) is 23.4 Å². The van der Waals surface area contributed by atoms with E-state index < -0.39 is 0 Å². The Bertz CT molecular complexity index is 331. The Morgan fingerprint density at radius 3 is 2.65 bits per heavy atom. The lowest BCUT2D eigenvalue weighted by Crippen LogP contribution is -2.19. The summed E-state index contributed by atoms with van der Waals surface area (Å²) in [5.74, 6) is 0. The predicted octanol–water partition coefficient (Wildman–Crippen LogP) is 2.55. The van der Waals surface area contributed by atoms with Crippen molar-refractivity contribution < 1.29 is 4.74 Å². The summed E-state index contributed by atoms with van der Waals surface area (Å²) in [6, 6.07) is 2.25. The Kier molecular flexibility index (Phi) is 6.30. The van der Waals surface area contributed by atoms with E-state index in [-0.39, 0.29) is 0 Å². The number of hydrogen-bond acceptors (Lipinski definition) is 2. The lowest BCUT2D eigenvalue weighted by Gasteiger charge is -2.06. The van der Waals surface area contributed by atoms with E-state index in [9.17, 15) is 0 Å². The van der Waals surface area contributed by atoms with Gasteiger partial charge in [-0.15, -0.1) is 0 Å². The molecule has 17 heavy (non-hydrogen) atoms. The fraction of sp³-hybridized carbons (Fsp3) is 0.714. The maximum Gasteiger partial charge on any atom is 0.0591 e. The van der Waals surface area contributed by atoms with Crippen LogP contribution in [0.3, 0.4) is 0 Å². The van der Waals surface area contributed by atoms with Crippen molar-refractivity contribution in [3.8, 4) is 0 Å². The summed E-state index contributed by atoms with van der Waals surface area (Å²) in [5.41, 5.74) is 4.05. The van der Waals surface area contributed by atoms with Gasteiger partial charge in [-0.25, -0.2) is 0 Å². The highest BCUT2D eigenvalue weighted by Crippen LogP contribution is 2.12. The molecule has 0 saturated carbocycles. The highest BCUT2D eigenvalue weighted by Gasteiger charge is 2.04. The minimum absolute atomic E-state index is 0.810. The van der Waals surface area contributed by atoms with Gasteiger partial charge in [-0.2, -0.15) is 0 Å². The summed E-state index contributed by atoms with van der Waals surface area (Å²) >= 11 is 0. The van der Waals surface area contributed by atoms with Gasteiger partial charge < -0.3 is 14.6 Å². The second-order valence-electron chi connectivity index (χ2n) is 4.60. The molecule has 3 heteroatoms. The average Bonchev–Trinajstić information content (AvgIpc) is 2.56. The Morgan fingerprint density at radius 2 is 2.06 bits per heavy atom. The zero-order valence-corrected chi connectivity index (χ0v) is 11.7. The number of aryl methyl sites for hydroxylation is 1. The van der Waals surface area contributed by atoms with Crippen LogP contribution in [0, 0.1) is 13.8 Å². The van der Waals surface area contributed by atoms with E-state index in [2.05, 4.69) is 43.8 Å². The summed E-state index contributed by atoms with van der Waals surface area (Å²) in [7, 11) is 2.11. The van der Waals surface area contributed by atoms with E-state index in [4.69, 9.17) is 4.74 Å². The normalized spacial score (nSPS) is 11.1. The summed E-state index contributed by atoms with van der Waals surface area (Å²) < 4.78 is 7.73. The Morgan fingerprint density at radius 1 is 1.29 bits per heavy atom. The second-order valence-corrected chi connectivity index (χ2v) is 4.60. The van der Waals surface area contributed by atoms with Crippen molar-refractivity contribution in [1.29, 1.82) is 0 Å². The molecule has 0 aromatic carbocycles. The molecule has 0 radical (unpaired) electrons. The first-order valence-electron chi connectivity index (χ1n) is 6.57. The molecule has 0 amide bonds. The van der Waals surface area contributed by atoms with Crippen LogP contribution in [-0.2, 0) is 18.3 Å². The second kappa shape index (κ2) is 7.51. The summed E-state index contributed by atoms with van der Waals surface area (Å²) in [4.78, 5) is 0. The van der Waals surface area contributed by atoms with Crippen LogP contribution < -0.4 is 5.32 Å². The zero-order valence-electron chi connectivity index (χ0n) is 11.7. The molecule has 0 aliphatic carbocycles. The van der Waals surface area contributed by atoms with Crippen LogP contribution >= 0.6 is 0 Å². The Labute approximate surface area is 105 Å².